The van der Waals surface area contributed by atoms with Crippen molar-refractivity contribution in [2.75, 3.05) is 23.8 Å². The van der Waals surface area contributed by atoms with E-state index in [4.69, 9.17) is 11.6 Å². The number of carbonyl (C=O) groups is 1. The first-order valence-electron chi connectivity index (χ1n) is 7.31. The van der Waals surface area contributed by atoms with Crippen LogP contribution in [-0.4, -0.2) is 29.5 Å². The third-order valence-corrected chi connectivity index (χ3v) is 3.58. The minimum atomic E-state index is -0.538. The molecule has 5 nitrogen and oxygen atoms in total. The van der Waals surface area contributed by atoms with Crippen LogP contribution in [0.15, 0.2) is 30.6 Å². The second kappa shape index (κ2) is 7.87. The van der Waals surface area contributed by atoms with Crippen molar-refractivity contribution < 1.29 is 9.18 Å². The van der Waals surface area contributed by atoms with E-state index >= 15 is 0 Å². The zero-order valence-electron chi connectivity index (χ0n) is 13.0. The van der Waals surface area contributed by atoms with Gasteiger partial charge >= 0.3 is 0 Å². The number of hydrogen-bond acceptors (Lipinski definition) is 4. The molecular formula is C16H18ClFN4O. The molecule has 0 unspecified atom stereocenters. The molecule has 1 N–H and O–H groups in total. The number of amides is 1. The van der Waals surface area contributed by atoms with Crippen LogP contribution < -0.4 is 10.2 Å². The molecule has 1 aromatic heterocycles. The van der Waals surface area contributed by atoms with Crippen molar-refractivity contribution in [1.82, 2.24) is 9.97 Å². The van der Waals surface area contributed by atoms with Gasteiger partial charge in [-0.3, -0.25) is 4.79 Å². The van der Waals surface area contributed by atoms with E-state index in [0.717, 1.165) is 19.4 Å². The summed E-state index contributed by atoms with van der Waals surface area (Å²) in [6.07, 6.45) is 5.13. The lowest BCUT2D eigenvalue weighted by molar-refractivity contribution is 0.102. The lowest BCUT2D eigenvalue weighted by Gasteiger charge is -2.17. The van der Waals surface area contributed by atoms with E-state index in [1.54, 1.807) is 6.20 Å². The Bertz CT molecular complexity index is 678. The molecule has 2 rings (SSSR count). The Labute approximate surface area is 139 Å². The van der Waals surface area contributed by atoms with Gasteiger partial charge in [-0.05, 0) is 24.6 Å². The fraction of sp³-hybridized carbons (Fsp3) is 0.312. The van der Waals surface area contributed by atoms with Crippen LogP contribution in [0.3, 0.4) is 0 Å². The van der Waals surface area contributed by atoms with Crippen LogP contribution in [0.2, 0.25) is 5.02 Å². The molecule has 0 bridgehead atoms. The number of aromatic nitrogens is 2. The summed E-state index contributed by atoms with van der Waals surface area (Å²) in [5, 5.41) is 2.55. The number of nitrogens with zero attached hydrogens (tertiary/aromatic N) is 3. The Morgan fingerprint density at radius 2 is 2.13 bits per heavy atom. The molecule has 0 fully saturated rings. The summed E-state index contributed by atoms with van der Waals surface area (Å²) < 4.78 is 13.1. The Balaban J connectivity index is 2.03. The van der Waals surface area contributed by atoms with E-state index in [9.17, 15) is 9.18 Å². The summed E-state index contributed by atoms with van der Waals surface area (Å²) in [6, 6.07) is 3.96. The average molecular weight is 337 g/mol. The molecule has 0 aliphatic carbocycles. The van der Waals surface area contributed by atoms with Gasteiger partial charge in [0.15, 0.2) is 0 Å². The summed E-state index contributed by atoms with van der Waals surface area (Å²) in [5.74, 6) is -0.258. The first kappa shape index (κ1) is 17.1. The van der Waals surface area contributed by atoms with Crippen LogP contribution >= 0.6 is 11.6 Å². The standard InChI is InChI=1S/C16H18ClFN4O/c1-3-4-7-22(2)15-10-19-14(9-20-15)16(23)21-11-5-6-13(18)12(17)8-11/h5-6,8-10H,3-4,7H2,1-2H3,(H,21,23). The topological polar surface area (TPSA) is 58.1 Å². The van der Waals surface area contributed by atoms with E-state index in [0.29, 0.717) is 11.5 Å². The summed E-state index contributed by atoms with van der Waals surface area (Å²) in [4.78, 5) is 22.4. The zero-order valence-corrected chi connectivity index (χ0v) is 13.8. The minimum absolute atomic E-state index is 0.0539. The molecule has 1 heterocycles. The van der Waals surface area contributed by atoms with Gasteiger partial charge in [-0.25, -0.2) is 14.4 Å². The quantitative estimate of drug-likeness (QED) is 0.872. The highest BCUT2D eigenvalue weighted by Crippen LogP contribution is 2.19. The maximum atomic E-state index is 13.1. The van der Waals surface area contributed by atoms with Crippen LogP contribution in [0.1, 0.15) is 30.3 Å². The van der Waals surface area contributed by atoms with Crippen LogP contribution in [0.25, 0.3) is 0 Å². The van der Waals surface area contributed by atoms with Crippen molar-refractivity contribution in [3.05, 3.63) is 47.1 Å². The fourth-order valence-electron chi connectivity index (χ4n) is 1.91. The molecule has 1 aromatic carbocycles. The predicted octanol–water partition coefficient (Wildman–Crippen LogP) is 3.76. The smallest absolute Gasteiger partial charge is 0.275 e. The predicted molar refractivity (Wildman–Crippen MR) is 89.6 cm³/mol. The van der Waals surface area contributed by atoms with Crippen LogP contribution in [0.5, 0.6) is 0 Å². The molecule has 0 saturated carbocycles. The molecule has 0 aliphatic rings. The number of unbranched alkanes of at least 4 members (excludes halogenated alkanes) is 1. The molecule has 1 amide bonds. The number of hydrogen-bond donors (Lipinski definition) is 1. The molecule has 23 heavy (non-hydrogen) atoms. The average Bonchev–Trinajstić information content (AvgIpc) is 2.56. The number of carbonyl (C=O) groups excluding carboxylic acids is 1. The van der Waals surface area contributed by atoms with Gasteiger partial charge in [0.05, 0.1) is 17.4 Å². The van der Waals surface area contributed by atoms with Crippen molar-refractivity contribution >= 4 is 29.0 Å². The molecule has 122 valence electrons. The number of anilines is 2. The number of rotatable bonds is 6. The third kappa shape index (κ3) is 4.63. The summed E-state index contributed by atoms with van der Waals surface area (Å²) >= 11 is 5.68. The largest absolute Gasteiger partial charge is 0.358 e. The molecule has 2 aromatic rings. The highest BCUT2D eigenvalue weighted by atomic mass is 35.5. The second-order valence-electron chi connectivity index (χ2n) is 5.12. The van der Waals surface area contributed by atoms with E-state index < -0.39 is 11.7 Å². The normalized spacial score (nSPS) is 10.4. The van der Waals surface area contributed by atoms with E-state index in [-0.39, 0.29) is 10.7 Å². The first-order chi connectivity index (χ1) is 11.0. The lowest BCUT2D eigenvalue weighted by atomic mass is 10.3. The Kier molecular flexibility index (Phi) is 5.87. The third-order valence-electron chi connectivity index (χ3n) is 3.29. The van der Waals surface area contributed by atoms with Crippen molar-refractivity contribution in [2.45, 2.75) is 19.8 Å². The molecule has 0 atom stereocenters. The van der Waals surface area contributed by atoms with Crippen LogP contribution in [-0.2, 0) is 0 Å². The molecule has 0 saturated heterocycles. The Morgan fingerprint density at radius 1 is 1.35 bits per heavy atom. The monoisotopic (exact) mass is 336 g/mol. The number of nitrogens with one attached hydrogen (secondary N) is 1. The number of halogens is 2. The van der Waals surface area contributed by atoms with Gasteiger partial charge in [0.1, 0.15) is 17.3 Å². The van der Waals surface area contributed by atoms with Gasteiger partial charge in [0.2, 0.25) is 0 Å². The van der Waals surface area contributed by atoms with Gasteiger partial charge in [0, 0.05) is 19.3 Å². The SMILES string of the molecule is CCCCN(C)c1cnc(C(=O)Nc2ccc(F)c(Cl)c2)cn1. The molecule has 0 spiro atoms. The second-order valence-corrected chi connectivity index (χ2v) is 5.53. The molecule has 0 aliphatic heterocycles. The Morgan fingerprint density at radius 3 is 2.74 bits per heavy atom. The maximum absolute atomic E-state index is 13.1. The zero-order chi connectivity index (χ0) is 16.8. The van der Waals surface area contributed by atoms with Gasteiger partial charge < -0.3 is 10.2 Å². The van der Waals surface area contributed by atoms with Gasteiger partial charge in [-0.2, -0.15) is 0 Å². The molecule has 7 heteroatoms. The number of benzene rings is 1. The van der Waals surface area contributed by atoms with Crippen molar-refractivity contribution in [3.8, 4) is 0 Å². The van der Waals surface area contributed by atoms with E-state index in [1.165, 1.54) is 24.4 Å². The highest BCUT2D eigenvalue weighted by molar-refractivity contribution is 6.31. The fourth-order valence-corrected chi connectivity index (χ4v) is 2.09. The van der Waals surface area contributed by atoms with Crippen molar-refractivity contribution in [1.29, 1.82) is 0 Å². The van der Waals surface area contributed by atoms with Crippen LogP contribution in [0.4, 0.5) is 15.9 Å². The van der Waals surface area contributed by atoms with Crippen LogP contribution in [0, 0.1) is 5.82 Å². The lowest BCUT2D eigenvalue weighted by Crippen LogP contribution is -2.21. The van der Waals surface area contributed by atoms with E-state index in [1.807, 2.05) is 11.9 Å². The van der Waals surface area contributed by atoms with Crippen molar-refractivity contribution in [3.63, 3.8) is 0 Å². The summed E-state index contributed by atoms with van der Waals surface area (Å²) in [7, 11) is 1.93. The Hall–Kier alpha value is -2.21. The van der Waals surface area contributed by atoms with Gasteiger partial charge in [-0.15, -0.1) is 0 Å². The summed E-state index contributed by atoms with van der Waals surface area (Å²) in [5.41, 5.74) is 0.574. The highest BCUT2D eigenvalue weighted by Gasteiger charge is 2.11. The van der Waals surface area contributed by atoms with Gasteiger partial charge in [0.25, 0.3) is 5.91 Å². The van der Waals surface area contributed by atoms with E-state index in [2.05, 4.69) is 22.2 Å². The molecular weight excluding hydrogens is 319 g/mol. The summed E-state index contributed by atoms with van der Waals surface area (Å²) in [6.45, 7) is 3.00. The van der Waals surface area contributed by atoms with Crippen molar-refractivity contribution in [2.24, 2.45) is 0 Å². The molecule has 0 radical (unpaired) electrons. The first-order valence-corrected chi connectivity index (χ1v) is 7.68. The maximum Gasteiger partial charge on any atom is 0.275 e. The minimum Gasteiger partial charge on any atom is -0.358 e. The van der Waals surface area contributed by atoms with Gasteiger partial charge in [-0.1, -0.05) is 24.9 Å².